The van der Waals surface area contributed by atoms with Crippen LogP contribution in [0.4, 0.5) is 0 Å². The zero-order valence-electron chi connectivity index (χ0n) is 15.8. The molecule has 1 aromatic carbocycles. The third-order valence-electron chi connectivity index (χ3n) is 3.02. The lowest BCUT2D eigenvalue weighted by atomic mass is 10.1. The van der Waals surface area contributed by atoms with E-state index < -0.39 is 0 Å². The first-order chi connectivity index (χ1) is 12.2. The Morgan fingerprint density at radius 3 is 2.04 bits per heavy atom. The van der Waals surface area contributed by atoms with Gasteiger partial charge in [-0.15, -0.1) is 0 Å². The van der Waals surface area contributed by atoms with Crippen molar-refractivity contribution in [2.45, 2.75) is 27.7 Å². The summed E-state index contributed by atoms with van der Waals surface area (Å²) in [6.07, 6.45) is 6.19. The highest BCUT2D eigenvalue weighted by atomic mass is 16.1. The number of carbonyl (C=O) groups is 2. The van der Waals surface area contributed by atoms with Gasteiger partial charge in [0.15, 0.2) is 0 Å². The van der Waals surface area contributed by atoms with Gasteiger partial charge in [-0.3, -0.25) is 0 Å². The summed E-state index contributed by atoms with van der Waals surface area (Å²) in [6, 6.07) is 10.3. The molecule has 0 amide bonds. The van der Waals surface area contributed by atoms with Crippen molar-refractivity contribution in [2.24, 2.45) is 0 Å². The Labute approximate surface area is 151 Å². The van der Waals surface area contributed by atoms with E-state index in [9.17, 15) is 0 Å². The molecule has 136 valence electrons. The number of allylic oxidation sites excluding steroid dienone is 1. The second kappa shape index (κ2) is 16.0. The summed E-state index contributed by atoms with van der Waals surface area (Å²) >= 11 is 0. The third-order valence-corrected chi connectivity index (χ3v) is 3.02. The Kier molecular flexibility index (Phi) is 15.6. The van der Waals surface area contributed by atoms with Gasteiger partial charge in [-0.2, -0.15) is 0 Å². The van der Waals surface area contributed by atoms with Gasteiger partial charge in [0.1, 0.15) is 13.6 Å². The fraction of sp³-hybridized carbons (Fsp3) is 0.238. The minimum Gasteiger partial charge on any atom is -0.387 e. The monoisotopic (exact) mass is 342 g/mol. The van der Waals surface area contributed by atoms with Crippen LogP contribution in [0.5, 0.6) is 0 Å². The fourth-order valence-corrected chi connectivity index (χ4v) is 1.98. The van der Waals surface area contributed by atoms with Gasteiger partial charge in [0.05, 0.1) is 0 Å². The maximum absolute atomic E-state index is 8.00. The molecular formula is C21H30N2O2. The molecule has 25 heavy (non-hydrogen) atoms. The van der Waals surface area contributed by atoms with Crippen LogP contribution in [0.3, 0.4) is 0 Å². The smallest absolute Gasteiger partial charge is 0.106 e. The van der Waals surface area contributed by atoms with Crippen LogP contribution in [-0.2, 0) is 9.59 Å². The molecule has 0 spiro atoms. The summed E-state index contributed by atoms with van der Waals surface area (Å²) in [5, 5.41) is 5.61. The van der Waals surface area contributed by atoms with Crippen LogP contribution in [0.15, 0.2) is 43.1 Å². The second-order valence-electron chi connectivity index (χ2n) is 4.72. The lowest BCUT2D eigenvalue weighted by Crippen LogP contribution is -2.33. The van der Waals surface area contributed by atoms with Crippen molar-refractivity contribution in [1.82, 2.24) is 10.3 Å². The largest absolute Gasteiger partial charge is 0.387 e. The van der Waals surface area contributed by atoms with E-state index >= 15 is 0 Å². The van der Waals surface area contributed by atoms with Crippen molar-refractivity contribution in [3.05, 3.63) is 64.8 Å². The Balaban J connectivity index is 0. The summed E-state index contributed by atoms with van der Waals surface area (Å²) < 4.78 is 0. The van der Waals surface area contributed by atoms with E-state index in [1.54, 1.807) is 0 Å². The molecule has 4 heteroatoms. The van der Waals surface area contributed by atoms with Gasteiger partial charge in [-0.05, 0) is 25.5 Å². The fourth-order valence-electron chi connectivity index (χ4n) is 1.98. The summed E-state index contributed by atoms with van der Waals surface area (Å²) in [7, 11) is 0. The Morgan fingerprint density at radius 1 is 1.04 bits per heavy atom. The van der Waals surface area contributed by atoms with Crippen LogP contribution in [0.2, 0.25) is 0 Å². The van der Waals surface area contributed by atoms with Gasteiger partial charge >= 0.3 is 0 Å². The van der Waals surface area contributed by atoms with Crippen LogP contribution in [0, 0.1) is 6.92 Å². The molecule has 0 saturated carbocycles. The number of aromatic amines is 1. The highest BCUT2D eigenvalue weighted by molar-refractivity contribution is 5.63. The van der Waals surface area contributed by atoms with E-state index in [-0.39, 0.29) is 0 Å². The van der Waals surface area contributed by atoms with Gasteiger partial charge in [0.25, 0.3) is 0 Å². The molecule has 0 fully saturated rings. The standard InChI is InChI=1S/C10H12N2.C7H8.C2H6.2CH2O/c1-7(2)8-6-12-10-3-4-11-5-9(8)10;1-7-5-3-2-4-6-7;3*1-2/h3,5-6,11-12H,1,4H2,2H3;2-6H,1H3;1-2H3;2*1H2. The minimum atomic E-state index is 0.906. The first kappa shape index (κ1) is 24.4. The van der Waals surface area contributed by atoms with Crippen molar-refractivity contribution >= 4 is 31.4 Å². The van der Waals surface area contributed by atoms with Crippen molar-refractivity contribution in [3.8, 4) is 0 Å². The molecule has 1 aliphatic rings. The highest BCUT2D eigenvalue weighted by Crippen LogP contribution is 2.02. The molecule has 1 aliphatic heterocycles. The van der Waals surface area contributed by atoms with Crippen LogP contribution in [0.1, 0.15) is 31.9 Å². The number of H-pyrrole nitrogens is 1. The molecule has 0 bridgehead atoms. The highest BCUT2D eigenvalue weighted by Gasteiger charge is 2.01. The van der Waals surface area contributed by atoms with Crippen molar-refractivity contribution in [1.29, 1.82) is 0 Å². The SMILES string of the molecule is C=C(C)c1c[nH]c2c1=CNCC=2.C=O.C=O.CC.Cc1ccccc1. The number of hydrogen-bond donors (Lipinski definition) is 2. The van der Waals surface area contributed by atoms with E-state index in [4.69, 9.17) is 9.59 Å². The summed E-state index contributed by atoms with van der Waals surface area (Å²) in [5.41, 5.74) is 3.62. The van der Waals surface area contributed by atoms with Gasteiger partial charge in [0, 0.05) is 35.1 Å². The predicted molar refractivity (Wildman–Crippen MR) is 108 cm³/mol. The average Bonchev–Trinajstić information content (AvgIpc) is 3.12. The van der Waals surface area contributed by atoms with E-state index in [1.807, 2.05) is 64.9 Å². The number of fused-ring (bicyclic) bond motifs is 1. The van der Waals surface area contributed by atoms with E-state index in [0.717, 1.165) is 12.1 Å². The number of rotatable bonds is 1. The summed E-state index contributed by atoms with van der Waals surface area (Å²) in [6.45, 7) is 16.9. The molecule has 0 radical (unpaired) electrons. The Bertz CT molecular complexity index is 701. The van der Waals surface area contributed by atoms with Crippen LogP contribution in [0.25, 0.3) is 17.8 Å². The van der Waals surface area contributed by atoms with Crippen LogP contribution >= 0.6 is 0 Å². The Hall–Kier alpha value is -2.88. The normalized spacial score (nSPS) is 9.60. The molecule has 3 rings (SSSR count). The zero-order chi connectivity index (χ0) is 19.7. The topological polar surface area (TPSA) is 62.0 Å². The van der Waals surface area contributed by atoms with Crippen molar-refractivity contribution < 1.29 is 9.59 Å². The molecular weight excluding hydrogens is 312 g/mol. The molecule has 1 aromatic heterocycles. The zero-order valence-corrected chi connectivity index (χ0v) is 15.8. The predicted octanol–water partition coefficient (Wildman–Crippen LogP) is 2.82. The van der Waals surface area contributed by atoms with Gasteiger partial charge in [-0.25, -0.2) is 0 Å². The molecule has 0 unspecified atom stereocenters. The van der Waals surface area contributed by atoms with E-state index in [2.05, 4.69) is 42.0 Å². The molecule has 4 nitrogen and oxygen atoms in total. The third kappa shape index (κ3) is 9.11. The van der Waals surface area contributed by atoms with Crippen LogP contribution in [-0.4, -0.2) is 25.1 Å². The molecule has 0 aliphatic carbocycles. The first-order valence-electron chi connectivity index (χ1n) is 8.05. The second-order valence-corrected chi connectivity index (χ2v) is 4.72. The number of nitrogens with one attached hydrogen (secondary N) is 2. The van der Waals surface area contributed by atoms with Gasteiger partial charge in [-0.1, -0.05) is 56.3 Å². The van der Waals surface area contributed by atoms with Crippen molar-refractivity contribution in [2.75, 3.05) is 6.54 Å². The van der Waals surface area contributed by atoms with Crippen molar-refractivity contribution in [3.63, 3.8) is 0 Å². The number of aromatic nitrogens is 1. The van der Waals surface area contributed by atoms with E-state index in [1.165, 1.54) is 21.7 Å². The van der Waals surface area contributed by atoms with Gasteiger partial charge in [0.2, 0.25) is 0 Å². The van der Waals surface area contributed by atoms with E-state index in [0.29, 0.717) is 0 Å². The lowest BCUT2D eigenvalue weighted by molar-refractivity contribution is -0.0987. The molecule has 2 aromatic rings. The number of benzene rings is 1. The number of aryl methyl sites for hydroxylation is 1. The van der Waals surface area contributed by atoms with Crippen LogP contribution < -0.4 is 15.9 Å². The lowest BCUT2D eigenvalue weighted by Gasteiger charge is -2.00. The summed E-state index contributed by atoms with van der Waals surface area (Å²) in [4.78, 5) is 19.2. The van der Waals surface area contributed by atoms with Gasteiger partial charge < -0.3 is 19.9 Å². The molecule has 2 N–H and O–H groups in total. The maximum Gasteiger partial charge on any atom is 0.106 e. The maximum atomic E-state index is 8.00. The summed E-state index contributed by atoms with van der Waals surface area (Å²) in [5.74, 6) is 0. The number of hydrogen-bond acceptors (Lipinski definition) is 3. The quantitative estimate of drug-likeness (QED) is 0.838. The average molecular weight is 342 g/mol. The molecule has 0 atom stereocenters. The molecule has 0 saturated heterocycles. The molecule has 2 heterocycles. The first-order valence-corrected chi connectivity index (χ1v) is 8.05. The Morgan fingerprint density at radius 2 is 1.60 bits per heavy atom. The number of carbonyl (C=O) groups excluding carboxylic acids is 2. The minimum absolute atomic E-state index is 0.906.